The molecule has 0 amide bonds. The Kier molecular flexibility index (Phi) is 6.10. The standard InChI is InChI=1S/C18H23N3O4S/c1-12-9-13(5-8-17(12)26(4,22)23)11-20-18(19)21-14-6-7-15(24-2)16(10-14)25-3/h5-10H,11H2,1-4H3,(H3,19,20,21). The van der Waals surface area contributed by atoms with E-state index in [-0.39, 0.29) is 5.96 Å². The summed E-state index contributed by atoms with van der Waals surface area (Å²) in [5, 5.41) is 2.98. The van der Waals surface area contributed by atoms with E-state index in [4.69, 9.17) is 15.2 Å². The van der Waals surface area contributed by atoms with Gasteiger partial charge in [-0.1, -0.05) is 12.1 Å². The molecule has 0 saturated carbocycles. The van der Waals surface area contributed by atoms with Crippen LogP contribution in [0.5, 0.6) is 11.5 Å². The van der Waals surface area contributed by atoms with Gasteiger partial charge in [0.25, 0.3) is 0 Å². The van der Waals surface area contributed by atoms with E-state index in [0.29, 0.717) is 34.2 Å². The van der Waals surface area contributed by atoms with Crippen molar-refractivity contribution in [1.82, 2.24) is 0 Å². The second-order valence-electron chi connectivity index (χ2n) is 5.77. The summed E-state index contributed by atoms with van der Waals surface area (Å²) in [6.45, 7) is 2.09. The van der Waals surface area contributed by atoms with E-state index < -0.39 is 9.84 Å². The number of ether oxygens (including phenoxy) is 2. The third-order valence-corrected chi connectivity index (χ3v) is 4.98. The van der Waals surface area contributed by atoms with Crippen molar-refractivity contribution in [2.75, 3.05) is 25.8 Å². The molecule has 0 aliphatic rings. The van der Waals surface area contributed by atoms with Crippen molar-refractivity contribution in [3.8, 4) is 11.5 Å². The van der Waals surface area contributed by atoms with Gasteiger partial charge < -0.3 is 20.5 Å². The Hall–Kier alpha value is -2.74. The number of guanidine groups is 1. The lowest BCUT2D eigenvalue weighted by Crippen LogP contribution is -2.22. The SMILES string of the molecule is COc1ccc(NC(N)=NCc2ccc(S(C)(=O)=O)c(C)c2)cc1OC. The lowest BCUT2D eigenvalue weighted by atomic mass is 10.1. The third kappa shape index (κ3) is 4.89. The number of benzene rings is 2. The lowest BCUT2D eigenvalue weighted by molar-refractivity contribution is 0.355. The maximum absolute atomic E-state index is 11.7. The molecular weight excluding hydrogens is 354 g/mol. The predicted octanol–water partition coefficient (Wildman–Crippen LogP) is 2.34. The number of nitrogens with zero attached hydrogens (tertiary/aromatic N) is 1. The van der Waals surface area contributed by atoms with Gasteiger partial charge in [0.1, 0.15) is 0 Å². The van der Waals surface area contributed by atoms with E-state index in [9.17, 15) is 8.42 Å². The molecule has 0 radical (unpaired) electrons. The summed E-state index contributed by atoms with van der Waals surface area (Å²) in [7, 11) is -0.105. The zero-order valence-corrected chi connectivity index (χ0v) is 16.1. The van der Waals surface area contributed by atoms with Crippen molar-refractivity contribution in [1.29, 1.82) is 0 Å². The largest absolute Gasteiger partial charge is 0.493 e. The van der Waals surface area contributed by atoms with Crippen LogP contribution in [-0.2, 0) is 16.4 Å². The number of hydrogen-bond donors (Lipinski definition) is 2. The minimum atomic E-state index is -3.23. The van der Waals surface area contributed by atoms with Gasteiger partial charge in [0.05, 0.1) is 25.7 Å². The highest BCUT2D eigenvalue weighted by Crippen LogP contribution is 2.29. The Bertz CT molecular complexity index is 924. The smallest absolute Gasteiger partial charge is 0.193 e. The molecule has 7 nitrogen and oxygen atoms in total. The van der Waals surface area contributed by atoms with Crippen LogP contribution in [0.25, 0.3) is 0 Å². The van der Waals surface area contributed by atoms with Crippen molar-refractivity contribution in [2.24, 2.45) is 10.7 Å². The quantitative estimate of drug-likeness (QED) is 0.592. The number of nitrogens with one attached hydrogen (secondary N) is 1. The van der Waals surface area contributed by atoms with Crippen LogP contribution < -0.4 is 20.5 Å². The van der Waals surface area contributed by atoms with E-state index in [0.717, 1.165) is 5.56 Å². The molecule has 0 aromatic heterocycles. The van der Waals surface area contributed by atoms with Crippen molar-refractivity contribution >= 4 is 21.5 Å². The van der Waals surface area contributed by atoms with E-state index in [1.165, 1.54) is 6.26 Å². The fourth-order valence-electron chi connectivity index (χ4n) is 2.50. The van der Waals surface area contributed by atoms with Crippen LogP contribution in [0.2, 0.25) is 0 Å². The van der Waals surface area contributed by atoms with Crippen LogP contribution in [-0.4, -0.2) is 34.9 Å². The molecule has 0 heterocycles. The number of nitrogens with two attached hydrogens (primary N) is 1. The zero-order chi connectivity index (χ0) is 19.3. The average molecular weight is 377 g/mol. The molecule has 26 heavy (non-hydrogen) atoms. The molecule has 140 valence electrons. The van der Waals surface area contributed by atoms with Crippen LogP contribution in [0.1, 0.15) is 11.1 Å². The van der Waals surface area contributed by atoms with E-state index in [2.05, 4.69) is 10.3 Å². The minimum Gasteiger partial charge on any atom is -0.493 e. The Morgan fingerprint density at radius 1 is 1.12 bits per heavy atom. The summed E-state index contributed by atoms with van der Waals surface area (Å²) < 4.78 is 33.7. The van der Waals surface area contributed by atoms with Crippen molar-refractivity contribution in [3.63, 3.8) is 0 Å². The molecule has 2 aromatic rings. The van der Waals surface area contributed by atoms with Crippen LogP contribution in [0.4, 0.5) is 5.69 Å². The number of sulfone groups is 1. The Morgan fingerprint density at radius 3 is 2.38 bits per heavy atom. The zero-order valence-electron chi connectivity index (χ0n) is 15.2. The van der Waals surface area contributed by atoms with E-state index in [1.54, 1.807) is 57.5 Å². The normalized spacial score (nSPS) is 11.9. The fraction of sp³-hybridized carbons (Fsp3) is 0.278. The van der Waals surface area contributed by atoms with Gasteiger partial charge in [0.15, 0.2) is 27.3 Å². The molecule has 0 unspecified atom stereocenters. The first-order valence-corrected chi connectivity index (χ1v) is 9.72. The third-order valence-electron chi connectivity index (χ3n) is 3.73. The molecule has 3 N–H and O–H groups in total. The van der Waals surface area contributed by atoms with E-state index >= 15 is 0 Å². The fourth-order valence-corrected chi connectivity index (χ4v) is 3.46. The highest BCUT2D eigenvalue weighted by molar-refractivity contribution is 7.90. The summed E-state index contributed by atoms with van der Waals surface area (Å²) in [5.41, 5.74) is 8.19. The molecular formula is C18H23N3O4S. The van der Waals surface area contributed by atoms with Gasteiger partial charge in [0, 0.05) is 18.0 Å². The molecule has 8 heteroatoms. The van der Waals surface area contributed by atoms with Gasteiger partial charge >= 0.3 is 0 Å². The number of hydrogen-bond acceptors (Lipinski definition) is 5. The number of aryl methyl sites for hydroxylation is 1. The van der Waals surface area contributed by atoms with Gasteiger partial charge in [-0.2, -0.15) is 0 Å². The van der Waals surface area contributed by atoms with Gasteiger partial charge in [0.2, 0.25) is 0 Å². The maximum Gasteiger partial charge on any atom is 0.193 e. The predicted molar refractivity (Wildman–Crippen MR) is 103 cm³/mol. The molecule has 0 spiro atoms. The van der Waals surface area contributed by atoms with Crippen molar-refractivity contribution in [3.05, 3.63) is 47.5 Å². The highest BCUT2D eigenvalue weighted by Gasteiger charge is 2.10. The average Bonchev–Trinajstić information content (AvgIpc) is 2.58. The monoisotopic (exact) mass is 377 g/mol. The first-order valence-electron chi connectivity index (χ1n) is 7.83. The summed E-state index contributed by atoms with van der Waals surface area (Å²) in [6.07, 6.45) is 1.19. The number of anilines is 1. The summed E-state index contributed by atoms with van der Waals surface area (Å²) in [5.74, 6) is 1.44. The second kappa shape index (κ2) is 8.09. The Balaban J connectivity index is 2.10. The van der Waals surface area contributed by atoms with Crippen molar-refractivity contribution in [2.45, 2.75) is 18.4 Å². The lowest BCUT2D eigenvalue weighted by Gasteiger charge is -2.11. The van der Waals surface area contributed by atoms with Gasteiger partial charge in [-0.3, -0.25) is 0 Å². The maximum atomic E-state index is 11.7. The van der Waals surface area contributed by atoms with Gasteiger partial charge in [-0.25, -0.2) is 13.4 Å². The topological polar surface area (TPSA) is 103 Å². The molecule has 2 rings (SSSR count). The minimum absolute atomic E-state index is 0.238. The van der Waals surface area contributed by atoms with Gasteiger partial charge in [-0.05, 0) is 36.2 Å². The van der Waals surface area contributed by atoms with Crippen molar-refractivity contribution < 1.29 is 17.9 Å². The number of methoxy groups -OCH3 is 2. The van der Waals surface area contributed by atoms with Gasteiger partial charge in [-0.15, -0.1) is 0 Å². The number of rotatable bonds is 6. The second-order valence-corrected chi connectivity index (χ2v) is 7.75. The first kappa shape index (κ1) is 19.6. The number of aliphatic imine (C=N–C) groups is 1. The van der Waals surface area contributed by atoms with Crippen LogP contribution >= 0.6 is 0 Å². The van der Waals surface area contributed by atoms with Crippen LogP contribution in [0.15, 0.2) is 46.3 Å². The molecule has 0 saturated heterocycles. The highest BCUT2D eigenvalue weighted by atomic mass is 32.2. The molecule has 2 aromatic carbocycles. The Labute approximate surface area is 153 Å². The summed E-state index contributed by atoms with van der Waals surface area (Å²) >= 11 is 0. The molecule has 0 fully saturated rings. The molecule has 0 aliphatic carbocycles. The first-order chi connectivity index (χ1) is 12.2. The van der Waals surface area contributed by atoms with E-state index in [1.807, 2.05) is 0 Å². The van der Waals surface area contributed by atoms with Crippen LogP contribution in [0, 0.1) is 6.92 Å². The molecule has 0 aliphatic heterocycles. The van der Waals surface area contributed by atoms with Crippen LogP contribution in [0.3, 0.4) is 0 Å². The summed E-state index contributed by atoms with van der Waals surface area (Å²) in [6, 6.07) is 10.4. The molecule has 0 bridgehead atoms. The molecule has 0 atom stereocenters. The Morgan fingerprint density at radius 2 is 1.81 bits per heavy atom. The summed E-state index contributed by atoms with van der Waals surface area (Å²) in [4.78, 5) is 4.60.